The van der Waals surface area contributed by atoms with Gasteiger partial charge in [-0.15, -0.1) is 0 Å². The number of ketones is 1. The normalized spacial score (nSPS) is 21.9. The van der Waals surface area contributed by atoms with E-state index in [0.29, 0.717) is 33.8 Å². The molecule has 1 saturated carbocycles. The van der Waals surface area contributed by atoms with Crippen molar-refractivity contribution in [3.8, 4) is 0 Å². The number of amides is 1. The number of carbonyl (C=O) groups is 2. The molecule has 186 valence electrons. The number of nitrogens with one attached hydrogen (secondary N) is 2. The molecule has 1 aromatic rings. The molecule has 3 rings (SSSR count). The van der Waals surface area contributed by atoms with Crippen LogP contribution < -0.4 is 10.6 Å². The number of aliphatic imine (C=N–C) groups is 1. The highest BCUT2D eigenvalue weighted by molar-refractivity contribution is 6.31. The Hall–Kier alpha value is -2.38. The minimum absolute atomic E-state index is 0.0534. The summed E-state index contributed by atoms with van der Waals surface area (Å²) in [6.45, 7) is 5.96. The van der Waals surface area contributed by atoms with Gasteiger partial charge < -0.3 is 20.3 Å². The van der Waals surface area contributed by atoms with Crippen LogP contribution in [0.25, 0.3) is 0 Å². The standard InChI is InChI=1S/C26H37ClN4O3/c1-15-11-24(32)22(26(29-15)34-6)14-28-25(33)21-12-19(27)13-23(16(21)2)30-17(3)18-7-9-20(10-8-18)31(4)5/h12-13,17-18,20,30H,7-11,14H2,1-6H3,(H,28,33). The number of hydrogen-bond donors (Lipinski definition) is 2. The van der Waals surface area contributed by atoms with E-state index in [1.54, 1.807) is 13.0 Å². The van der Waals surface area contributed by atoms with Gasteiger partial charge in [0.25, 0.3) is 5.91 Å². The lowest BCUT2D eigenvalue weighted by molar-refractivity contribution is -0.114. The van der Waals surface area contributed by atoms with E-state index in [1.807, 2.05) is 13.0 Å². The van der Waals surface area contributed by atoms with Gasteiger partial charge in [-0.3, -0.25) is 9.59 Å². The highest BCUT2D eigenvalue weighted by Crippen LogP contribution is 2.32. The molecule has 1 unspecified atom stereocenters. The maximum atomic E-state index is 13.1. The average Bonchev–Trinajstić information content (AvgIpc) is 2.79. The smallest absolute Gasteiger partial charge is 0.251 e. The second-order valence-corrected chi connectivity index (χ2v) is 10.1. The van der Waals surface area contributed by atoms with Crippen molar-refractivity contribution in [2.45, 2.75) is 65.0 Å². The van der Waals surface area contributed by atoms with Crippen molar-refractivity contribution in [3.05, 3.63) is 39.7 Å². The monoisotopic (exact) mass is 488 g/mol. The van der Waals surface area contributed by atoms with Gasteiger partial charge >= 0.3 is 0 Å². The van der Waals surface area contributed by atoms with E-state index >= 15 is 0 Å². The predicted octanol–water partition coefficient (Wildman–Crippen LogP) is 4.59. The van der Waals surface area contributed by atoms with Gasteiger partial charge in [-0.05, 0) is 84.2 Å². The van der Waals surface area contributed by atoms with Crippen molar-refractivity contribution in [3.63, 3.8) is 0 Å². The first kappa shape index (κ1) is 26.2. The highest BCUT2D eigenvalue weighted by atomic mass is 35.5. The molecule has 0 bridgehead atoms. The number of ether oxygens (including phenoxy) is 1. The third kappa shape index (κ3) is 6.19. The zero-order valence-corrected chi connectivity index (χ0v) is 21.9. The lowest BCUT2D eigenvalue weighted by Gasteiger charge is -2.36. The van der Waals surface area contributed by atoms with Crippen LogP contribution in [0.3, 0.4) is 0 Å². The molecular weight excluding hydrogens is 452 g/mol. The molecular formula is C26H37ClN4O3. The van der Waals surface area contributed by atoms with Crippen LogP contribution in [-0.4, -0.2) is 62.1 Å². The first-order valence-electron chi connectivity index (χ1n) is 12.0. The maximum Gasteiger partial charge on any atom is 0.251 e. The zero-order chi connectivity index (χ0) is 25.0. The Morgan fingerprint density at radius 2 is 1.91 bits per heavy atom. The minimum Gasteiger partial charge on any atom is -0.481 e. The van der Waals surface area contributed by atoms with Crippen molar-refractivity contribution >= 4 is 34.7 Å². The molecule has 0 spiro atoms. The molecule has 7 nitrogen and oxygen atoms in total. The summed E-state index contributed by atoms with van der Waals surface area (Å²) in [5.74, 6) is 0.460. The van der Waals surface area contributed by atoms with Gasteiger partial charge in [0.2, 0.25) is 5.88 Å². The van der Waals surface area contributed by atoms with E-state index in [9.17, 15) is 9.59 Å². The van der Waals surface area contributed by atoms with Gasteiger partial charge in [-0.25, -0.2) is 4.99 Å². The van der Waals surface area contributed by atoms with E-state index in [1.165, 1.54) is 32.8 Å². The lowest BCUT2D eigenvalue weighted by atomic mass is 9.81. The van der Waals surface area contributed by atoms with Crippen molar-refractivity contribution in [2.24, 2.45) is 10.9 Å². The second-order valence-electron chi connectivity index (χ2n) is 9.71. The summed E-state index contributed by atoms with van der Waals surface area (Å²) in [4.78, 5) is 32.1. The van der Waals surface area contributed by atoms with E-state index in [-0.39, 0.29) is 36.6 Å². The molecule has 1 fully saturated rings. The molecule has 0 aromatic heterocycles. The van der Waals surface area contributed by atoms with Crippen LogP contribution in [0, 0.1) is 12.8 Å². The Balaban J connectivity index is 1.70. The van der Waals surface area contributed by atoms with E-state index in [0.717, 1.165) is 11.3 Å². The van der Waals surface area contributed by atoms with Crippen LogP contribution in [0.4, 0.5) is 5.69 Å². The number of halogens is 1. The maximum absolute atomic E-state index is 13.1. The topological polar surface area (TPSA) is 83.0 Å². The Kier molecular flexibility index (Phi) is 8.77. The molecule has 0 saturated heterocycles. The summed E-state index contributed by atoms with van der Waals surface area (Å²) in [6, 6.07) is 4.47. The second kappa shape index (κ2) is 11.4. The van der Waals surface area contributed by atoms with Gasteiger partial charge in [-0.1, -0.05) is 11.6 Å². The highest BCUT2D eigenvalue weighted by Gasteiger charge is 2.27. The van der Waals surface area contributed by atoms with E-state index in [2.05, 4.69) is 41.5 Å². The van der Waals surface area contributed by atoms with Gasteiger partial charge in [0.15, 0.2) is 5.78 Å². The number of benzene rings is 1. The molecule has 1 aromatic carbocycles. The SMILES string of the molecule is COC1=C(CNC(=O)c2cc(Cl)cc(NC(C)C3CCC(N(C)C)CC3)c2C)C(=O)CC(C)=N1. The van der Waals surface area contributed by atoms with Crippen LogP contribution in [-0.2, 0) is 9.53 Å². The van der Waals surface area contributed by atoms with Crippen molar-refractivity contribution in [1.29, 1.82) is 0 Å². The van der Waals surface area contributed by atoms with Crippen LogP contribution >= 0.6 is 11.6 Å². The number of rotatable bonds is 8. The van der Waals surface area contributed by atoms with E-state index in [4.69, 9.17) is 16.3 Å². The quantitative estimate of drug-likeness (QED) is 0.559. The van der Waals surface area contributed by atoms with E-state index < -0.39 is 0 Å². The molecule has 1 heterocycles. The van der Waals surface area contributed by atoms with Crippen molar-refractivity contribution in [2.75, 3.05) is 33.1 Å². The van der Waals surface area contributed by atoms with Gasteiger partial charge in [0.05, 0.1) is 19.2 Å². The van der Waals surface area contributed by atoms with Gasteiger partial charge in [0, 0.05) is 40.5 Å². The molecule has 2 aliphatic rings. The molecule has 1 atom stereocenters. The number of methoxy groups -OCH3 is 1. The summed E-state index contributed by atoms with van der Waals surface area (Å²) < 4.78 is 5.25. The third-order valence-corrected chi connectivity index (χ3v) is 7.32. The third-order valence-electron chi connectivity index (χ3n) is 7.10. The molecule has 0 radical (unpaired) electrons. The van der Waals surface area contributed by atoms with Crippen LogP contribution in [0.5, 0.6) is 0 Å². The Morgan fingerprint density at radius 1 is 1.24 bits per heavy atom. The number of anilines is 1. The molecule has 8 heteroatoms. The number of hydrogen-bond acceptors (Lipinski definition) is 6. The van der Waals surface area contributed by atoms with Gasteiger partial charge in [-0.2, -0.15) is 0 Å². The van der Waals surface area contributed by atoms with Crippen LogP contribution in [0.1, 0.15) is 61.9 Å². The summed E-state index contributed by atoms with van der Waals surface area (Å²) in [7, 11) is 5.78. The molecule has 1 aliphatic carbocycles. The fraction of sp³-hybridized carbons (Fsp3) is 0.577. The largest absolute Gasteiger partial charge is 0.481 e. The number of Topliss-reactive ketones (excluding diaryl/α,β-unsaturated/α-hetero) is 1. The Morgan fingerprint density at radius 3 is 2.53 bits per heavy atom. The lowest BCUT2D eigenvalue weighted by Crippen LogP contribution is -2.36. The molecule has 1 amide bonds. The average molecular weight is 489 g/mol. The summed E-state index contributed by atoms with van der Waals surface area (Å²) in [5.41, 5.74) is 3.26. The van der Waals surface area contributed by atoms with Crippen molar-refractivity contribution in [1.82, 2.24) is 10.2 Å². The Labute approximate surface area is 208 Å². The van der Waals surface area contributed by atoms with Crippen molar-refractivity contribution < 1.29 is 14.3 Å². The first-order valence-corrected chi connectivity index (χ1v) is 12.3. The number of carbonyl (C=O) groups excluding carboxylic acids is 2. The van der Waals surface area contributed by atoms with Gasteiger partial charge in [0.1, 0.15) is 0 Å². The summed E-state index contributed by atoms with van der Waals surface area (Å²) in [6.07, 6.45) is 4.99. The fourth-order valence-electron chi connectivity index (χ4n) is 4.89. The zero-order valence-electron chi connectivity index (χ0n) is 21.1. The minimum atomic E-state index is -0.288. The first-order chi connectivity index (χ1) is 16.1. The predicted molar refractivity (Wildman–Crippen MR) is 138 cm³/mol. The fourth-order valence-corrected chi connectivity index (χ4v) is 5.11. The molecule has 2 N–H and O–H groups in total. The van der Waals surface area contributed by atoms with Crippen LogP contribution in [0.2, 0.25) is 5.02 Å². The summed E-state index contributed by atoms with van der Waals surface area (Å²) >= 11 is 6.40. The summed E-state index contributed by atoms with van der Waals surface area (Å²) in [5, 5.41) is 6.96. The van der Waals surface area contributed by atoms with Crippen LogP contribution in [0.15, 0.2) is 28.6 Å². The molecule has 1 aliphatic heterocycles. The Bertz CT molecular complexity index is 994. The molecule has 34 heavy (non-hydrogen) atoms. The number of nitrogens with zero attached hydrogens (tertiary/aromatic N) is 2.